The van der Waals surface area contributed by atoms with Gasteiger partial charge in [0.1, 0.15) is 5.75 Å². The first kappa shape index (κ1) is 19.6. The number of aromatic nitrogens is 1. The van der Waals surface area contributed by atoms with E-state index in [1.54, 1.807) is 19.2 Å². The normalized spacial score (nSPS) is 10.3. The maximum absolute atomic E-state index is 12.1. The molecule has 0 unspecified atom stereocenters. The quantitative estimate of drug-likeness (QED) is 0.610. The van der Waals surface area contributed by atoms with Gasteiger partial charge >= 0.3 is 0 Å². The number of amides is 2. The van der Waals surface area contributed by atoms with Crippen molar-refractivity contribution in [2.75, 3.05) is 12.4 Å². The number of benzene rings is 2. The van der Waals surface area contributed by atoms with Crippen LogP contribution >= 0.6 is 11.3 Å². The van der Waals surface area contributed by atoms with Gasteiger partial charge in [0.25, 0.3) is 5.91 Å². The molecule has 0 radical (unpaired) electrons. The van der Waals surface area contributed by atoms with E-state index in [1.807, 2.05) is 47.8 Å². The molecule has 0 aliphatic heterocycles. The third kappa shape index (κ3) is 5.40. The molecule has 0 saturated carbocycles. The maximum Gasteiger partial charge on any atom is 0.257 e. The summed E-state index contributed by atoms with van der Waals surface area (Å²) in [6.07, 6.45) is 0.834. The van der Waals surface area contributed by atoms with E-state index in [2.05, 4.69) is 15.6 Å². The van der Waals surface area contributed by atoms with E-state index in [1.165, 1.54) is 11.3 Å². The second kappa shape index (κ2) is 9.66. The molecule has 3 aromatic rings. The van der Waals surface area contributed by atoms with Gasteiger partial charge in [-0.1, -0.05) is 36.4 Å². The minimum Gasteiger partial charge on any atom is -0.496 e. The molecule has 28 heavy (non-hydrogen) atoms. The highest BCUT2D eigenvalue weighted by Gasteiger charge is 2.10. The van der Waals surface area contributed by atoms with Gasteiger partial charge in [-0.15, -0.1) is 11.3 Å². The monoisotopic (exact) mass is 395 g/mol. The Morgan fingerprint density at radius 1 is 1.07 bits per heavy atom. The van der Waals surface area contributed by atoms with Gasteiger partial charge in [0.2, 0.25) is 5.91 Å². The largest absolute Gasteiger partial charge is 0.496 e. The summed E-state index contributed by atoms with van der Waals surface area (Å²) in [5.74, 6) is 0.492. The van der Waals surface area contributed by atoms with Crippen LogP contribution < -0.4 is 15.4 Å². The lowest BCUT2D eigenvalue weighted by molar-refractivity contribution is -0.121. The number of hydrogen-bond donors (Lipinski definition) is 2. The summed E-state index contributed by atoms with van der Waals surface area (Å²) in [6, 6.07) is 16.6. The fourth-order valence-corrected chi connectivity index (χ4v) is 3.35. The highest BCUT2D eigenvalue weighted by atomic mass is 32.1. The fourth-order valence-electron chi connectivity index (χ4n) is 2.61. The van der Waals surface area contributed by atoms with E-state index in [0.717, 1.165) is 17.0 Å². The number of aryl methyl sites for hydroxylation is 1. The van der Waals surface area contributed by atoms with Crippen LogP contribution in [0.4, 0.5) is 5.13 Å². The second-order valence-corrected chi connectivity index (χ2v) is 6.91. The van der Waals surface area contributed by atoms with Crippen molar-refractivity contribution >= 4 is 28.3 Å². The van der Waals surface area contributed by atoms with Crippen LogP contribution in [0, 0.1) is 0 Å². The van der Waals surface area contributed by atoms with Gasteiger partial charge in [0.15, 0.2) is 5.13 Å². The van der Waals surface area contributed by atoms with Crippen LogP contribution in [0.1, 0.15) is 28.0 Å². The third-order valence-corrected chi connectivity index (χ3v) is 4.89. The van der Waals surface area contributed by atoms with E-state index in [-0.39, 0.29) is 11.8 Å². The lowest BCUT2D eigenvalue weighted by Gasteiger charge is -2.09. The number of nitrogens with zero attached hydrogens (tertiary/aromatic N) is 1. The number of rotatable bonds is 8. The van der Waals surface area contributed by atoms with Crippen LogP contribution in [0.25, 0.3) is 0 Å². The van der Waals surface area contributed by atoms with Crippen molar-refractivity contribution in [2.45, 2.75) is 19.4 Å². The van der Waals surface area contributed by atoms with Crippen molar-refractivity contribution in [3.63, 3.8) is 0 Å². The van der Waals surface area contributed by atoms with Crippen molar-refractivity contribution in [1.29, 1.82) is 0 Å². The number of ether oxygens (including phenoxy) is 1. The van der Waals surface area contributed by atoms with Crippen molar-refractivity contribution in [3.05, 3.63) is 76.8 Å². The van der Waals surface area contributed by atoms with Crippen molar-refractivity contribution in [1.82, 2.24) is 10.3 Å². The average molecular weight is 395 g/mol. The van der Waals surface area contributed by atoms with E-state index in [4.69, 9.17) is 4.74 Å². The first-order chi connectivity index (χ1) is 13.7. The number of para-hydroxylation sites is 1. The summed E-state index contributed by atoms with van der Waals surface area (Å²) in [5, 5.41) is 8.05. The Morgan fingerprint density at radius 3 is 2.61 bits per heavy atom. The summed E-state index contributed by atoms with van der Waals surface area (Å²) in [4.78, 5) is 28.6. The lowest BCUT2D eigenvalue weighted by atomic mass is 10.2. The van der Waals surface area contributed by atoms with E-state index in [0.29, 0.717) is 30.1 Å². The molecule has 3 rings (SSSR count). The van der Waals surface area contributed by atoms with E-state index in [9.17, 15) is 9.59 Å². The molecule has 1 aromatic heterocycles. The molecule has 2 N–H and O–H groups in total. The van der Waals surface area contributed by atoms with E-state index >= 15 is 0 Å². The Labute approximate surface area is 167 Å². The molecule has 1 heterocycles. The van der Waals surface area contributed by atoms with Gasteiger partial charge in [0.05, 0.1) is 12.8 Å². The zero-order valence-electron chi connectivity index (χ0n) is 15.5. The first-order valence-electron chi connectivity index (χ1n) is 8.85. The Morgan fingerprint density at radius 2 is 1.82 bits per heavy atom. The molecular weight excluding hydrogens is 374 g/mol. The van der Waals surface area contributed by atoms with Crippen LogP contribution in [0.3, 0.4) is 0 Å². The Hall–Kier alpha value is -3.19. The summed E-state index contributed by atoms with van der Waals surface area (Å²) in [6.45, 7) is 0.415. The Kier molecular flexibility index (Phi) is 6.75. The number of carbonyl (C=O) groups excluding carboxylic acids is 2. The highest BCUT2D eigenvalue weighted by Crippen LogP contribution is 2.18. The Bertz CT molecular complexity index is 941. The van der Waals surface area contributed by atoms with Crippen molar-refractivity contribution in [3.8, 4) is 5.75 Å². The molecule has 0 aliphatic carbocycles. The van der Waals surface area contributed by atoms with Crippen LogP contribution in [0.15, 0.2) is 60.0 Å². The molecule has 0 atom stereocenters. The minimum absolute atomic E-state index is 0.0613. The van der Waals surface area contributed by atoms with Gasteiger partial charge in [-0.3, -0.25) is 14.9 Å². The lowest BCUT2D eigenvalue weighted by Crippen LogP contribution is -2.23. The van der Waals surface area contributed by atoms with Gasteiger partial charge in [0, 0.05) is 29.5 Å². The summed E-state index contributed by atoms with van der Waals surface area (Å²) < 4.78 is 5.28. The Balaban J connectivity index is 1.46. The molecule has 0 bridgehead atoms. The van der Waals surface area contributed by atoms with Crippen LogP contribution in [-0.2, 0) is 17.8 Å². The average Bonchev–Trinajstić information content (AvgIpc) is 3.18. The standard InChI is InChI=1S/C21H21N3O3S/c1-27-18-10-6-5-9-16(18)13-22-19(25)12-11-17-14-28-21(23-17)24-20(26)15-7-3-2-4-8-15/h2-10,14H,11-13H2,1H3,(H,22,25)(H,23,24,26). The molecule has 7 heteroatoms. The second-order valence-electron chi connectivity index (χ2n) is 6.05. The minimum atomic E-state index is -0.198. The number of thiazole rings is 1. The van der Waals surface area contributed by atoms with Gasteiger partial charge in [-0.25, -0.2) is 4.98 Å². The number of carbonyl (C=O) groups is 2. The van der Waals surface area contributed by atoms with E-state index < -0.39 is 0 Å². The highest BCUT2D eigenvalue weighted by molar-refractivity contribution is 7.14. The van der Waals surface area contributed by atoms with Gasteiger partial charge in [-0.05, 0) is 24.6 Å². The zero-order valence-corrected chi connectivity index (χ0v) is 16.3. The third-order valence-electron chi connectivity index (χ3n) is 4.08. The summed E-state index contributed by atoms with van der Waals surface area (Å²) in [7, 11) is 1.61. The molecular formula is C21H21N3O3S. The number of methoxy groups -OCH3 is 1. The predicted octanol–water partition coefficient (Wildman–Crippen LogP) is 3.65. The molecule has 2 amide bonds. The molecule has 0 aliphatic rings. The van der Waals surface area contributed by atoms with Crippen LogP contribution in [-0.4, -0.2) is 23.9 Å². The molecule has 6 nitrogen and oxygen atoms in total. The summed E-state index contributed by atoms with van der Waals surface area (Å²) in [5.41, 5.74) is 2.29. The molecule has 0 spiro atoms. The van der Waals surface area contributed by atoms with Gasteiger partial charge in [-0.2, -0.15) is 0 Å². The van der Waals surface area contributed by atoms with Crippen molar-refractivity contribution < 1.29 is 14.3 Å². The number of hydrogen-bond acceptors (Lipinski definition) is 5. The van der Waals surface area contributed by atoms with Crippen LogP contribution in [0.5, 0.6) is 5.75 Å². The molecule has 0 fully saturated rings. The van der Waals surface area contributed by atoms with Crippen molar-refractivity contribution in [2.24, 2.45) is 0 Å². The zero-order chi connectivity index (χ0) is 19.8. The molecule has 144 valence electrons. The maximum atomic E-state index is 12.1. The molecule has 0 saturated heterocycles. The summed E-state index contributed by atoms with van der Waals surface area (Å²) >= 11 is 1.35. The molecule has 2 aromatic carbocycles. The SMILES string of the molecule is COc1ccccc1CNC(=O)CCc1csc(NC(=O)c2ccccc2)n1. The first-order valence-corrected chi connectivity index (χ1v) is 9.73. The number of anilines is 1. The topological polar surface area (TPSA) is 80.3 Å². The smallest absolute Gasteiger partial charge is 0.257 e. The fraction of sp³-hybridized carbons (Fsp3) is 0.190. The number of nitrogens with one attached hydrogen (secondary N) is 2. The predicted molar refractivity (Wildman–Crippen MR) is 110 cm³/mol. The van der Waals surface area contributed by atoms with Gasteiger partial charge < -0.3 is 10.1 Å². The van der Waals surface area contributed by atoms with Crippen LogP contribution in [0.2, 0.25) is 0 Å².